The first-order valence-electron chi connectivity index (χ1n) is 5.70. The highest BCUT2D eigenvalue weighted by atomic mass is 32.2. The van der Waals surface area contributed by atoms with E-state index < -0.39 is 10.1 Å². The maximum atomic E-state index is 11.1. The Bertz CT molecular complexity index is 636. The van der Waals surface area contributed by atoms with E-state index in [2.05, 4.69) is 0 Å². The Morgan fingerprint density at radius 1 is 0.895 bits per heavy atom. The van der Waals surface area contributed by atoms with Gasteiger partial charge in [-0.3, -0.25) is 0 Å². The number of benzene rings is 2. The lowest BCUT2D eigenvalue weighted by atomic mass is 10.2. The van der Waals surface area contributed by atoms with Gasteiger partial charge in [0.2, 0.25) is 0 Å². The normalized spacial score (nSPS) is 11.0. The molecule has 0 fully saturated rings. The molecule has 2 aromatic carbocycles. The van der Waals surface area contributed by atoms with Crippen LogP contribution in [0, 0.1) is 0 Å². The SMILES string of the molecule is CS(=O)(=O)Oc1ccccc1OCc1ccccc1. The lowest BCUT2D eigenvalue weighted by Crippen LogP contribution is -2.07. The molecule has 0 aliphatic carbocycles. The Morgan fingerprint density at radius 3 is 2.11 bits per heavy atom. The predicted molar refractivity (Wildman–Crippen MR) is 72.7 cm³/mol. The van der Waals surface area contributed by atoms with Crippen molar-refractivity contribution in [3.05, 3.63) is 60.2 Å². The molecule has 0 heterocycles. The van der Waals surface area contributed by atoms with Crippen molar-refractivity contribution in [3.63, 3.8) is 0 Å². The average molecular weight is 278 g/mol. The molecule has 0 aliphatic rings. The van der Waals surface area contributed by atoms with Gasteiger partial charge in [-0.1, -0.05) is 42.5 Å². The monoisotopic (exact) mass is 278 g/mol. The Labute approximate surface area is 112 Å². The molecule has 100 valence electrons. The molecule has 0 aliphatic heterocycles. The van der Waals surface area contributed by atoms with Gasteiger partial charge in [0, 0.05) is 0 Å². The van der Waals surface area contributed by atoms with Gasteiger partial charge in [-0.05, 0) is 17.7 Å². The van der Waals surface area contributed by atoms with Crippen LogP contribution in [0.5, 0.6) is 11.5 Å². The van der Waals surface area contributed by atoms with Crippen LogP contribution in [0.3, 0.4) is 0 Å². The summed E-state index contributed by atoms with van der Waals surface area (Å²) in [4.78, 5) is 0. The Kier molecular flexibility index (Phi) is 4.06. The summed E-state index contributed by atoms with van der Waals surface area (Å²) >= 11 is 0. The summed E-state index contributed by atoms with van der Waals surface area (Å²) in [7, 11) is -3.56. The van der Waals surface area contributed by atoms with Gasteiger partial charge in [0.25, 0.3) is 0 Å². The number of hydrogen-bond acceptors (Lipinski definition) is 4. The second-order valence-electron chi connectivity index (χ2n) is 4.01. The van der Waals surface area contributed by atoms with Crippen LogP contribution in [-0.4, -0.2) is 14.7 Å². The summed E-state index contributed by atoms with van der Waals surface area (Å²) in [6.45, 7) is 0.352. The number of hydrogen-bond donors (Lipinski definition) is 0. The van der Waals surface area contributed by atoms with Crippen LogP contribution < -0.4 is 8.92 Å². The maximum absolute atomic E-state index is 11.1. The van der Waals surface area contributed by atoms with Crippen LogP contribution in [0.4, 0.5) is 0 Å². The molecule has 0 saturated heterocycles. The summed E-state index contributed by atoms with van der Waals surface area (Å²) in [6.07, 6.45) is 1.00. The van der Waals surface area contributed by atoms with Crippen molar-refractivity contribution >= 4 is 10.1 Å². The molecule has 0 amide bonds. The number of para-hydroxylation sites is 2. The summed E-state index contributed by atoms with van der Waals surface area (Å²) in [5, 5.41) is 0. The third-order valence-corrected chi connectivity index (χ3v) is 2.81. The fraction of sp³-hybridized carbons (Fsp3) is 0.143. The highest BCUT2D eigenvalue weighted by Crippen LogP contribution is 2.28. The first-order chi connectivity index (χ1) is 9.04. The van der Waals surface area contributed by atoms with Crippen LogP contribution in [0.2, 0.25) is 0 Å². The number of ether oxygens (including phenoxy) is 1. The van der Waals surface area contributed by atoms with E-state index >= 15 is 0 Å². The summed E-state index contributed by atoms with van der Waals surface area (Å²) in [5.41, 5.74) is 0.997. The van der Waals surface area contributed by atoms with Crippen molar-refractivity contribution < 1.29 is 17.3 Å². The quantitative estimate of drug-likeness (QED) is 0.789. The van der Waals surface area contributed by atoms with Crippen molar-refractivity contribution in [2.24, 2.45) is 0 Å². The minimum absolute atomic E-state index is 0.195. The van der Waals surface area contributed by atoms with Gasteiger partial charge in [0.05, 0.1) is 6.26 Å². The van der Waals surface area contributed by atoms with E-state index in [-0.39, 0.29) is 5.75 Å². The van der Waals surface area contributed by atoms with Gasteiger partial charge in [0.1, 0.15) is 6.61 Å². The average Bonchev–Trinajstić information content (AvgIpc) is 2.37. The Morgan fingerprint density at radius 2 is 1.47 bits per heavy atom. The molecule has 2 rings (SSSR count). The highest BCUT2D eigenvalue weighted by molar-refractivity contribution is 7.86. The second kappa shape index (κ2) is 5.75. The van der Waals surface area contributed by atoms with E-state index in [1.54, 1.807) is 24.3 Å². The molecule has 0 unspecified atom stereocenters. The first-order valence-corrected chi connectivity index (χ1v) is 7.51. The summed E-state index contributed by atoms with van der Waals surface area (Å²) in [6, 6.07) is 16.3. The van der Waals surface area contributed by atoms with Gasteiger partial charge in [-0.25, -0.2) is 0 Å². The van der Waals surface area contributed by atoms with Gasteiger partial charge in [-0.2, -0.15) is 8.42 Å². The van der Waals surface area contributed by atoms with Crippen LogP contribution in [-0.2, 0) is 16.7 Å². The summed E-state index contributed by atoms with van der Waals surface area (Å²) < 4.78 is 32.7. The van der Waals surface area contributed by atoms with Gasteiger partial charge in [0.15, 0.2) is 11.5 Å². The fourth-order valence-corrected chi connectivity index (χ4v) is 2.00. The lowest BCUT2D eigenvalue weighted by Gasteiger charge is -2.11. The van der Waals surface area contributed by atoms with Crippen molar-refractivity contribution in [1.82, 2.24) is 0 Å². The van der Waals surface area contributed by atoms with E-state index in [4.69, 9.17) is 8.92 Å². The van der Waals surface area contributed by atoms with Crippen LogP contribution >= 0.6 is 0 Å². The molecule has 5 heteroatoms. The third-order valence-electron chi connectivity index (χ3n) is 2.33. The van der Waals surface area contributed by atoms with Crippen molar-refractivity contribution in [2.45, 2.75) is 6.61 Å². The maximum Gasteiger partial charge on any atom is 0.306 e. The topological polar surface area (TPSA) is 52.6 Å². The molecule has 0 radical (unpaired) electrons. The van der Waals surface area contributed by atoms with E-state index in [0.29, 0.717) is 12.4 Å². The molecular formula is C14H14O4S. The molecule has 0 N–H and O–H groups in total. The fourth-order valence-electron chi connectivity index (χ4n) is 1.54. The van der Waals surface area contributed by atoms with E-state index in [9.17, 15) is 8.42 Å². The van der Waals surface area contributed by atoms with Crippen LogP contribution in [0.1, 0.15) is 5.56 Å². The molecule has 0 bridgehead atoms. The second-order valence-corrected chi connectivity index (χ2v) is 5.58. The third kappa shape index (κ3) is 4.30. The Balaban J connectivity index is 2.12. The molecule has 0 spiro atoms. The molecule has 2 aromatic rings. The minimum atomic E-state index is -3.56. The zero-order valence-electron chi connectivity index (χ0n) is 10.4. The molecule has 0 saturated carbocycles. The zero-order valence-corrected chi connectivity index (χ0v) is 11.3. The van der Waals surface area contributed by atoms with Crippen molar-refractivity contribution in [3.8, 4) is 11.5 Å². The van der Waals surface area contributed by atoms with Gasteiger partial charge < -0.3 is 8.92 Å². The zero-order chi connectivity index (χ0) is 13.7. The van der Waals surface area contributed by atoms with E-state index in [1.807, 2.05) is 30.3 Å². The smallest absolute Gasteiger partial charge is 0.306 e. The number of rotatable bonds is 5. The molecule has 0 aromatic heterocycles. The molecule has 4 nitrogen and oxygen atoms in total. The first kappa shape index (κ1) is 13.4. The lowest BCUT2D eigenvalue weighted by molar-refractivity contribution is 0.296. The molecule has 0 atom stereocenters. The summed E-state index contributed by atoms with van der Waals surface area (Å²) in [5.74, 6) is 0.595. The van der Waals surface area contributed by atoms with Crippen molar-refractivity contribution in [2.75, 3.05) is 6.26 Å². The van der Waals surface area contributed by atoms with Crippen LogP contribution in [0.15, 0.2) is 54.6 Å². The largest absolute Gasteiger partial charge is 0.485 e. The molecular weight excluding hydrogens is 264 g/mol. The van der Waals surface area contributed by atoms with E-state index in [1.165, 1.54) is 0 Å². The van der Waals surface area contributed by atoms with E-state index in [0.717, 1.165) is 11.8 Å². The van der Waals surface area contributed by atoms with Gasteiger partial charge >= 0.3 is 10.1 Å². The van der Waals surface area contributed by atoms with Crippen LogP contribution in [0.25, 0.3) is 0 Å². The molecule has 19 heavy (non-hydrogen) atoms. The Hall–Kier alpha value is -2.01. The standard InChI is InChI=1S/C14H14O4S/c1-19(15,16)18-14-10-6-5-9-13(14)17-11-12-7-3-2-4-8-12/h2-10H,11H2,1H3. The minimum Gasteiger partial charge on any atom is -0.485 e. The van der Waals surface area contributed by atoms with Gasteiger partial charge in [-0.15, -0.1) is 0 Å². The van der Waals surface area contributed by atoms with Crippen molar-refractivity contribution in [1.29, 1.82) is 0 Å². The predicted octanol–water partition coefficient (Wildman–Crippen LogP) is 2.60. The highest BCUT2D eigenvalue weighted by Gasteiger charge is 2.10.